The smallest absolute Gasteiger partial charge is 0.252 e. The summed E-state index contributed by atoms with van der Waals surface area (Å²) < 4.78 is 13.3. The molecule has 3 aliphatic rings. The van der Waals surface area contributed by atoms with Gasteiger partial charge in [-0.2, -0.15) is 5.10 Å². The summed E-state index contributed by atoms with van der Waals surface area (Å²) in [5.41, 5.74) is 4.49. The van der Waals surface area contributed by atoms with Crippen LogP contribution in [0, 0.1) is 6.92 Å². The standard InChI is InChI=1S/C26H30N4O3/c1-16-23-19(14-20(17-5-6-17)28-24(23)30(2)29-16)25(31)27-15-26(9-3-4-10-26)18-7-8-21-22(13-18)33-12-11-32-21/h7-8,13-14,17H,3-6,9-12,15H2,1-2H3,(H,27,31). The van der Waals surface area contributed by atoms with E-state index in [1.54, 1.807) is 4.68 Å². The summed E-state index contributed by atoms with van der Waals surface area (Å²) in [4.78, 5) is 18.4. The number of aromatic nitrogens is 3. The van der Waals surface area contributed by atoms with E-state index in [4.69, 9.17) is 14.5 Å². The Bertz CT molecular complexity index is 1240. The van der Waals surface area contributed by atoms with Crippen LogP contribution in [0.4, 0.5) is 0 Å². The average Bonchev–Trinajstić information content (AvgIpc) is 3.51. The molecular weight excluding hydrogens is 416 g/mol. The van der Waals surface area contributed by atoms with Crippen molar-refractivity contribution in [3.8, 4) is 11.5 Å². The van der Waals surface area contributed by atoms with Gasteiger partial charge in [0.25, 0.3) is 5.91 Å². The topological polar surface area (TPSA) is 78.3 Å². The van der Waals surface area contributed by atoms with E-state index in [9.17, 15) is 4.79 Å². The lowest BCUT2D eigenvalue weighted by atomic mass is 9.78. The van der Waals surface area contributed by atoms with Gasteiger partial charge in [0.15, 0.2) is 17.1 Å². The molecule has 2 aliphatic carbocycles. The van der Waals surface area contributed by atoms with Crippen LogP contribution in [-0.2, 0) is 12.5 Å². The minimum absolute atomic E-state index is 0.0378. The van der Waals surface area contributed by atoms with E-state index >= 15 is 0 Å². The first-order valence-electron chi connectivity index (χ1n) is 12.1. The van der Waals surface area contributed by atoms with Gasteiger partial charge in [-0.15, -0.1) is 0 Å². The van der Waals surface area contributed by atoms with E-state index in [-0.39, 0.29) is 11.3 Å². The summed E-state index contributed by atoms with van der Waals surface area (Å²) in [6, 6.07) is 8.27. The Kier molecular flexibility index (Phi) is 4.82. The van der Waals surface area contributed by atoms with E-state index in [0.717, 1.165) is 72.4 Å². The van der Waals surface area contributed by atoms with Crippen molar-refractivity contribution in [3.05, 3.63) is 46.8 Å². The third-order valence-corrected chi connectivity index (χ3v) is 7.53. The molecule has 0 saturated heterocycles. The molecule has 7 nitrogen and oxygen atoms in total. The molecule has 2 aromatic heterocycles. The molecule has 6 rings (SSSR count). The molecule has 2 fully saturated rings. The van der Waals surface area contributed by atoms with Gasteiger partial charge < -0.3 is 14.8 Å². The monoisotopic (exact) mass is 446 g/mol. The van der Waals surface area contributed by atoms with Crippen LogP contribution in [0.5, 0.6) is 11.5 Å². The highest BCUT2D eigenvalue weighted by Gasteiger charge is 2.37. The highest BCUT2D eigenvalue weighted by atomic mass is 16.6. The molecule has 0 unspecified atom stereocenters. The van der Waals surface area contributed by atoms with Crippen LogP contribution >= 0.6 is 0 Å². The normalized spacial score (nSPS) is 19.1. The second-order valence-electron chi connectivity index (χ2n) is 9.81. The number of nitrogens with zero attached hydrogens (tertiary/aromatic N) is 3. The van der Waals surface area contributed by atoms with E-state index in [1.807, 2.05) is 26.1 Å². The summed E-state index contributed by atoms with van der Waals surface area (Å²) in [5, 5.41) is 8.70. The second kappa shape index (κ2) is 7.75. The minimum Gasteiger partial charge on any atom is -0.486 e. The van der Waals surface area contributed by atoms with Crippen LogP contribution < -0.4 is 14.8 Å². The third kappa shape index (κ3) is 3.54. The van der Waals surface area contributed by atoms with Gasteiger partial charge in [0, 0.05) is 30.6 Å². The third-order valence-electron chi connectivity index (χ3n) is 7.53. The quantitative estimate of drug-likeness (QED) is 0.637. The van der Waals surface area contributed by atoms with Crippen molar-refractivity contribution in [1.29, 1.82) is 0 Å². The van der Waals surface area contributed by atoms with Crippen LogP contribution in [0.2, 0.25) is 0 Å². The molecule has 1 N–H and O–H groups in total. The summed E-state index contributed by atoms with van der Waals surface area (Å²) in [6.45, 7) is 3.72. The number of carbonyl (C=O) groups is 1. The SMILES string of the molecule is Cc1nn(C)c2nc(C3CC3)cc(C(=O)NCC3(c4ccc5c(c4)OCCO5)CCCC3)c12. The lowest BCUT2D eigenvalue weighted by molar-refractivity contribution is 0.0944. The maximum absolute atomic E-state index is 13.6. The number of carbonyl (C=O) groups excluding carboxylic acids is 1. The fourth-order valence-corrected chi connectivity index (χ4v) is 5.57. The van der Waals surface area contributed by atoms with Crippen molar-refractivity contribution in [3.63, 3.8) is 0 Å². The zero-order valence-corrected chi connectivity index (χ0v) is 19.3. The first kappa shape index (κ1) is 20.5. The Morgan fingerprint density at radius 2 is 1.91 bits per heavy atom. The van der Waals surface area contributed by atoms with Crippen LogP contribution in [-0.4, -0.2) is 40.4 Å². The maximum atomic E-state index is 13.6. The Labute approximate surface area is 193 Å². The molecule has 2 saturated carbocycles. The number of rotatable bonds is 5. The molecule has 7 heteroatoms. The number of fused-ring (bicyclic) bond motifs is 2. The number of aryl methyl sites for hydroxylation is 2. The zero-order valence-electron chi connectivity index (χ0n) is 19.3. The number of pyridine rings is 1. The van der Waals surface area contributed by atoms with Crippen molar-refractivity contribution in [2.45, 2.75) is 56.8 Å². The van der Waals surface area contributed by atoms with E-state index < -0.39 is 0 Å². The first-order chi connectivity index (χ1) is 16.0. The molecule has 0 spiro atoms. The number of nitrogens with one attached hydrogen (secondary N) is 1. The zero-order chi connectivity index (χ0) is 22.6. The molecule has 1 aromatic carbocycles. The molecule has 172 valence electrons. The van der Waals surface area contributed by atoms with Gasteiger partial charge in [-0.3, -0.25) is 9.48 Å². The Morgan fingerprint density at radius 1 is 1.15 bits per heavy atom. The van der Waals surface area contributed by atoms with Gasteiger partial charge in [0.2, 0.25) is 0 Å². The van der Waals surface area contributed by atoms with Crippen LogP contribution in [0.3, 0.4) is 0 Å². The first-order valence-corrected chi connectivity index (χ1v) is 12.1. The van der Waals surface area contributed by atoms with Crippen molar-refractivity contribution in [1.82, 2.24) is 20.1 Å². The van der Waals surface area contributed by atoms with Gasteiger partial charge in [-0.1, -0.05) is 18.9 Å². The predicted molar refractivity (Wildman–Crippen MR) is 125 cm³/mol. The lowest BCUT2D eigenvalue weighted by Gasteiger charge is -2.31. The summed E-state index contributed by atoms with van der Waals surface area (Å²) in [5.74, 6) is 2.05. The Morgan fingerprint density at radius 3 is 2.67 bits per heavy atom. The van der Waals surface area contributed by atoms with E-state index in [2.05, 4.69) is 22.5 Å². The largest absolute Gasteiger partial charge is 0.486 e. The Hall–Kier alpha value is -3.09. The van der Waals surface area contributed by atoms with Crippen LogP contribution in [0.15, 0.2) is 24.3 Å². The molecular formula is C26H30N4O3. The lowest BCUT2D eigenvalue weighted by Crippen LogP contribution is -2.39. The molecule has 1 aliphatic heterocycles. The molecule has 1 amide bonds. The average molecular weight is 447 g/mol. The fourth-order valence-electron chi connectivity index (χ4n) is 5.57. The molecule has 0 radical (unpaired) electrons. The van der Waals surface area contributed by atoms with Gasteiger partial charge in [0.05, 0.1) is 16.6 Å². The van der Waals surface area contributed by atoms with E-state index in [1.165, 1.54) is 5.56 Å². The highest BCUT2D eigenvalue weighted by Crippen LogP contribution is 2.44. The number of benzene rings is 1. The van der Waals surface area contributed by atoms with Crippen molar-refractivity contribution in [2.24, 2.45) is 7.05 Å². The number of hydrogen-bond donors (Lipinski definition) is 1. The summed E-state index contributed by atoms with van der Waals surface area (Å²) in [6.07, 6.45) is 6.72. The van der Waals surface area contributed by atoms with Gasteiger partial charge >= 0.3 is 0 Å². The van der Waals surface area contributed by atoms with Crippen molar-refractivity contribution < 1.29 is 14.3 Å². The fraction of sp³-hybridized carbons (Fsp3) is 0.500. The summed E-state index contributed by atoms with van der Waals surface area (Å²) >= 11 is 0. The number of hydrogen-bond acceptors (Lipinski definition) is 5. The molecule has 0 atom stereocenters. The molecule has 3 heterocycles. The Balaban J connectivity index is 1.31. The maximum Gasteiger partial charge on any atom is 0.252 e. The molecule has 33 heavy (non-hydrogen) atoms. The predicted octanol–water partition coefficient (Wildman–Crippen LogP) is 4.17. The van der Waals surface area contributed by atoms with Crippen molar-refractivity contribution in [2.75, 3.05) is 19.8 Å². The second-order valence-corrected chi connectivity index (χ2v) is 9.81. The van der Waals surface area contributed by atoms with Gasteiger partial charge in [-0.05, 0) is 56.4 Å². The molecule has 0 bridgehead atoms. The molecule has 3 aromatic rings. The van der Waals surface area contributed by atoms with Crippen LogP contribution in [0.25, 0.3) is 11.0 Å². The summed E-state index contributed by atoms with van der Waals surface area (Å²) in [7, 11) is 1.90. The number of ether oxygens (including phenoxy) is 2. The van der Waals surface area contributed by atoms with Gasteiger partial charge in [0.1, 0.15) is 13.2 Å². The van der Waals surface area contributed by atoms with Crippen LogP contribution in [0.1, 0.15) is 71.8 Å². The van der Waals surface area contributed by atoms with Crippen molar-refractivity contribution >= 4 is 16.9 Å². The highest BCUT2D eigenvalue weighted by molar-refractivity contribution is 6.06. The number of amides is 1. The van der Waals surface area contributed by atoms with E-state index in [0.29, 0.717) is 31.2 Å². The minimum atomic E-state index is -0.0824. The van der Waals surface area contributed by atoms with Gasteiger partial charge in [-0.25, -0.2) is 4.98 Å².